The molecule has 0 unspecified atom stereocenters. The monoisotopic (exact) mass is 340 g/mol. The lowest BCUT2D eigenvalue weighted by Gasteiger charge is -2.19. The zero-order valence-corrected chi connectivity index (χ0v) is 14.8. The first-order valence-corrected chi connectivity index (χ1v) is 9.54. The first-order valence-electron chi connectivity index (χ1n) is 8.01. The van der Waals surface area contributed by atoms with E-state index in [9.17, 15) is 4.79 Å². The van der Waals surface area contributed by atoms with Crippen LogP contribution in [0.2, 0.25) is 5.02 Å². The van der Waals surface area contributed by atoms with E-state index in [1.165, 1.54) is 38.8 Å². The number of nitrogens with one attached hydrogen (secondary N) is 1. The van der Waals surface area contributed by atoms with Gasteiger partial charge in [-0.25, -0.2) is 0 Å². The van der Waals surface area contributed by atoms with Crippen molar-refractivity contribution in [3.05, 3.63) is 28.8 Å². The van der Waals surface area contributed by atoms with Gasteiger partial charge < -0.3 is 10.2 Å². The molecule has 122 valence electrons. The molecule has 1 fully saturated rings. The molecule has 2 rings (SSSR count). The molecule has 0 atom stereocenters. The summed E-state index contributed by atoms with van der Waals surface area (Å²) in [6, 6.07) is 5.56. The first kappa shape index (κ1) is 17.6. The van der Waals surface area contributed by atoms with Crippen molar-refractivity contribution in [1.82, 2.24) is 4.90 Å². The molecule has 1 aromatic carbocycles. The van der Waals surface area contributed by atoms with Gasteiger partial charge in [0.2, 0.25) is 5.91 Å². The Morgan fingerprint density at radius 2 is 2.00 bits per heavy atom. The van der Waals surface area contributed by atoms with Crippen molar-refractivity contribution >= 4 is 35.0 Å². The zero-order chi connectivity index (χ0) is 15.8. The first-order chi connectivity index (χ1) is 10.6. The van der Waals surface area contributed by atoms with Gasteiger partial charge in [0, 0.05) is 23.0 Å². The van der Waals surface area contributed by atoms with Crippen LogP contribution < -0.4 is 5.32 Å². The molecule has 1 aromatic rings. The fourth-order valence-corrected chi connectivity index (χ4v) is 3.59. The number of carbonyl (C=O) groups is 1. The summed E-state index contributed by atoms with van der Waals surface area (Å²) in [4.78, 5) is 14.5. The van der Waals surface area contributed by atoms with Gasteiger partial charge in [0.1, 0.15) is 0 Å². The van der Waals surface area contributed by atoms with E-state index in [2.05, 4.69) is 10.2 Å². The molecule has 0 saturated carbocycles. The SMILES string of the molecule is Cc1ccc(Cl)cc1NC(=O)CSCCN1CCCCCC1. The van der Waals surface area contributed by atoms with Crippen molar-refractivity contribution in [3.8, 4) is 0 Å². The molecular weight excluding hydrogens is 316 g/mol. The molecule has 1 saturated heterocycles. The fraction of sp³-hybridized carbons (Fsp3) is 0.588. The smallest absolute Gasteiger partial charge is 0.234 e. The molecule has 5 heteroatoms. The number of hydrogen-bond donors (Lipinski definition) is 1. The Labute approximate surface area is 142 Å². The molecule has 22 heavy (non-hydrogen) atoms. The molecule has 1 aliphatic rings. The topological polar surface area (TPSA) is 32.3 Å². The van der Waals surface area contributed by atoms with Crippen LogP contribution in [0.1, 0.15) is 31.2 Å². The van der Waals surface area contributed by atoms with Gasteiger partial charge in [0.05, 0.1) is 5.75 Å². The van der Waals surface area contributed by atoms with Crippen molar-refractivity contribution in [2.75, 3.05) is 36.5 Å². The maximum Gasteiger partial charge on any atom is 0.234 e. The van der Waals surface area contributed by atoms with Crippen LogP contribution in [-0.2, 0) is 4.79 Å². The number of carbonyl (C=O) groups excluding carboxylic acids is 1. The lowest BCUT2D eigenvalue weighted by molar-refractivity contribution is -0.113. The van der Waals surface area contributed by atoms with Gasteiger partial charge in [0.15, 0.2) is 0 Å². The van der Waals surface area contributed by atoms with E-state index in [1.807, 2.05) is 19.1 Å². The summed E-state index contributed by atoms with van der Waals surface area (Å²) in [6.45, 7) is 5.50. The van der Waals surface area contributed by atoms with Crippen molar-refractivity contribution in [2.45, 2.75) is 32.6 Å². The lowest BCUT2D eigenvalue weighted by Crippen LogP contribution is -2.27. The standard InChI is InChI=1S/C17H25ClN2OS/c1-14-6-7-15(18)12-16(14)19-17(21)13-22-11-10-20-8-4-2-3-5-9-20/h6-7,12H,2-5,8-11,13H2,1H3,(H,19,21). The van der Waals surface area contributed by atoms with Crippen molar-refractivity contribution in [2.24, 2.45) is 0 Å². The number of hydrogen-bond acceptors (Lipinski definition) is 3. The highest BCUT2D eigenvalue weighted by Crippen LogP contribution is 2.20. The van der Waals surface area contributed by atoms with E-state index in [4.69, 9.17) is 11.6 Å². The van der Waals surface area contributed by atoms with Gasteiger partial charge in [-0.1, -0.05) is 30.5 Å². The van der Waals surface area contributed by atoms with Crippen LogP contribution in [0.25, 0.3) is 0 Å². The predicted molar refractivity (Wildman–Crippen MR) is 97.1 cm³/mol. The quantitative estimate of drug-likeness (QED) is 0.788. The second-order valence-electron chi connectivity index (χ2n) is 5.82. The largest absolute Gasteiger partial charge is 0.325 e. The third-order valence-corrected chi connectivity index (χ3v) is 5.13. The molecule has 1 aliphatic heterocycles. The average Bonchev–Trinajstić information content (AvgIpc) is 2.76. The zero-order valence-electron chi connectivity index (χ0n) is 13.2. The number of amides is 1. The lowest BCUT2D eigenvalue weighted by atomic mass is 10.2. The van der Waals surface area contributed by atoms with Gasteiger partial charge >= 0.3 is 0 Å². The molecule has 0 radical (unpaired) electrons. The highest BCUT2D eigenvalue weighted by molar-refractivity contribution is 7.99. The number of likely N-dealkylation sites (tertiary alicyclic amines) is 1. The van der Waals surface area contributed by atoms with Crippen LogP contribution in [0.5, 0.6) is 0 Å². The van der Waals surface area contributed by atoms with Crippen LogP contribution >= 0.6 is 23.4 Å². The Bertz CT molecular complexity index is 488. The Hall–Kier alpha value is -0.710. The fourth-order valence-electron chi connectivity index (χ4n) is 2.63. The number of benzene rings is 1. The van der Waals surface area contributed by atoms with E-state index >= 15 is 0 Å². The Balaban J connectivity index is 1.66. The van der Waals surface area contributed by atoms with Crippen LogP contribution in [0.3, 0.4) is 0 Å². The van der Waals surface area contributed by atoms with Crippen LogP contribution in [-0.4, -0.2) is 41.9 Å². The second-order valence-corrected chi connectivity index (χ2v) is 7.36. The number of thioether (sulfide) groups is 1. The third kappa shape index (κ3) is 6.19. The molecule has 0 aromatic heterocycles. The van der Waals surface area contributed by atoms with E-state index < -0.39 is 0 Å². The number of anilines is 1. The normalized spacial score (nSPS) is 16.3. The molecule has 1 N–H and O–H groups in total. The maximum absolute atomic E-state index is 12.0. The van der Waals surface area contributed by atoms with Crippen LogP contribution in [0.15, 0.2) is 18.2 Å². The van der Waals surface area contributed by atoms with Gasteiger partial charge in [0.25, 0.3) is 0 Å². The van der Waals surface area contributed by atoms with Gasteiger partial charge in [-0.2, -0.15) is 11.8 Å². The van der Waals surface area contributed by atoms with Crippen molar-refractivity contribution in [1.29, 1.82) is 0 Å². The third-order valence-electron chi connectivity index (χ3n) is 3.96. The van der Waals surface area contributed by atoms with E-state index in [1.54, 1.807) is 17.8 Å². The minimum absolute atomic E-state index is 0.0474. The van der Waals surface area contributed by atoms with Crippen molar-refractivity contribution in [3.63, 3.8) is 0 Å². The predicted octanol–water partition coefficient (Wildman–Crippen LogP) is 4.20. The summed E-state index contributed by atoms with van der Waals surface area (Å²) in [5, 5.41) is 3.59. The van der Waals surface area contributed by atoms with E-state index in [-0.39, 0.29) is 5.91 Å². The number of rotatable bonds is 6. The van der Waals surface area contributed by atoms with Gasteiger partial charge in [-0.05, 0) is 50.6 Å². The Kier molecular flexibility index (Phi) is 7.56. The minimum Gasteiger partial charge on any atom is -0.325 e. The highest BCUT2D eigenvalue weighted by atomic mass is 35.5. The molecule has 3 nitrogen and oxygen atoms in total. The van der Waals surface area contributed by atoms with Crippen molar-refractivity contribution < 1.29 is 4.79 Å². The number of halogens is 1. The summed E-state index contributed by atoms with van der Waals surface area (Å²) < 4.78 is 0. The Morgan fingerprint density at radius 3 is 2.73 bits per heavy atom. The van der Waals surface area contributed by atoms with Crippen LogP contribution in [0, 0.1) is 6.92 Å². The number of aryl methyl sites for hydroxylation is 1. The Morgan fingerprint density at radius 1 is 1.27 bits per heavy atom. The number of nitrogens with zero attached hydrogens (tertiary/aromatic N) is 1. The van der Waals surface area contributed by atoms with Gasteiger partial charge in [-0.3, -0.25) is 4.79 Å². The average molecular weight is 341 g/mol. The molecule has 1 heterocycles. The summed E-state index contributed by atoms with van der Waals surface area (Å²) in [6.07, 6.45) is 5.37. The summed E-state index contributed by atoms with van der Waals surface area (Å²) in [7, 11) is 0. The molecule has 0 spiro atoms. The maximum atomic E-state index is 12.0. The second kappa shape index (κ2) is 9.43. The molecule has 1 amide bonds. The van der Waals surface area contributed by atoms with Gasteiger partial charge in [-0.15, -0.1) is 0 Å². The van der Waals surface area contributed by atoms with E-state index in [0.29, 0.717) is 10.8 Å². The summed E-state index contributed by atoms with van der Waals surface area (Å²) >= 11 is 7.67. The molecule has 0 bridgehead atoms. The summed E-state index contributed by atoms with van der Waals surface area (Å²) in [5.74, 6) is 1.56. The molecule has 0 aliphatic carbocycles. The van der Waals surface area contributed by atoms with Crippen LogP contribution in [0.4, 0.5) is 5.69 Å². The summed E-state index contributed by atoms with van der Waals surface area (Å²) in [5.41, 5.74) is 1.85. The molecular formula is C17H25ClN2OS. The van der Waals surface area contributed by atoms with E-state index in [0.717, 1.165) is 23.5 Å². The minimum atomic E-state index is 0.0474. The highest BCUT2D eigenvalue weighted by Gasteiger charge is 2.09.